The van der Waals surface area contributed by atoms with Crippen molar-refractivity contribution < 1.29 is 4.79 Å². The summed E-state index contributed by atoms with van der Waals surface area (Å²) in [5.74, 6) is 2.56. The van der Waals surface area contributed by atoms with Gasteiger partial charge in [0, 0.05) is 23.0 Å². The maximum absolute atomic E-state index is 13.0. The van der Waals surface area contributed by atoms with Gasteiger partial charge in [0.2, 0.25) is 5.91 Å². The smallest absolute Gasteiger partial charge is 0.251 e. The van der Waals surface area contributed by atoms with Crippen LogP contribution in [0.25, 0.3) is 10.9 Å². The molecule has 4 aliphatic rings. The molecule has 1 heterocycles. The normalized spacial score (nSPS) is 31.4. The molecule has 4 aliphatic carbocycles. The minimum atomic E-state index is -0.109. The monoisotopic (exact) mass is 364 g/mol. The van der Waals surface area contributed by atoms with Crippen LogP contribution in [0, 0.1) is 30.1 Å². The van der Waals surface area contributed by atoms with E-state index in [0.717, 1.165) is 59.0 Å². The van der Waals surface area contributed by atoms with Crippen molar-refractivity contribution in [3.63, 3.8) is 0 Å². The summed E-state index contributed by atoms with van der Waals surface area (Å²) >= 11 is 0. The maximum Gasteiger partial charge on any atom is 0.251 e. The molecule has 27 heavy (non-hydrogen) atoms. The summed E-state index contributed by atoms with van der Waals surface area (Å²) < 4.78 is 0. The molecule has 1 aromatic heterocycles. The van der Waals surface area contributed by atoms with Gasteiger partial charge < -0.3 is 10.3 Å². The van der Waals surface area contributed by atoms with Crippen molar-refractivity contribution in [2.24, 2.45) is 23.2 Å². The molecule has 4 saturated carbocycles. The van der Waals surface area contributed by atoms with Crippen molar-refractivity contribution in [2.45, 2.75) is 51.9 Å². The fraction of sp³-hybridized carbons (Fsp3) is 0.565. The SMILES string of the molecule is Cc1ccc2cc(CCNC(=O)C34CC5CC(CC(C5)C3)C4)c(=O)[nH]c2c1. The Bertz CT molecular complexity index is 923. The van der Waals surface area contributed by atoms with E-state index in [1.54, 1.807) is 0 Å². The molecule has 4 fully saturated rings. The highest BCUT2D eigenvalue weighted by Gasteiger charge is 2.54. The fourth-order valence-corrected chi connectivity index (χ4v) is 6.43. The summed E-state index contributed by atoms with van der Waals surface area (Å²) in [6.07, 6.45) is 7.87. The second-order valence-corrected chi connectivity index (χ2v) is 9.42. The molecule has 1 aromatic carbocycles. The Labute approximate surface area is 159 Å². The van der Waals surface area contributed by atoms with Crippen LogP contribution in [0.5, 0.6) is 0 Å². The van der Waals surface area contributed by atoms with Crippen LogP contribution in [-0.4, -0.2) is 17.4 Å². The van der Waals surface area contributed by atoms with Crippen molar-refractivity contribution >= 4 is 16.8 Å². The molecule has 6 rings (SSSR count). The minimum Gasteiger partial charge on any atom is -0.355 e. The van der Waals surface area contributed by atoms with E-state index >= 15 is 0 Å². The van der Waals surface area contributed by atoms with Crippen molar-refractivity contribution in [3.05, 3.63) is 45.7 Å². The molecule has 1 amide bonds. The Hall–Kier alpha value is -2.10. The van der Waals surface area contributed by atoms with Crippen LogP contribution >= 0.6 is 0 Å². The average molecular weight is 364 g/mol. The molecule has 2 aromatic rings. The molecule has 4 heteroatoms. The first-order valence-electron chi connectivity index (χ1n) is 10.4. The van der Waals surface area contributed by atoms with E-state index in [1.165, 1.54) is 19.3 Å². The molecule has 142 valence electrons. The number of carbonyl (C=O) groups excluding carboxylic acids is 1. The summed E-state index contributed by atoms with van der Waals surface area (Å²) in [6, 6.07) is 8.05. The zero-order chi connectivity index (χ0) is 18.6. The first-order valence-corrected chi connectivity index (χ1v) is 10.4. The number of rotatable bonds is 4. The van der Waals surface area contributed by atoms with Crippen molar-refractivity contribution in [1.82, 2.24) is 10.3 Å². The molecule has 0 saturated heterocycles. The third kappa shape index (κ3) is 2.99. The van der Waals surface area contributed by atoms with Crippen LogP contribution in [0.4, 0.5) is 0 Å². The fourth-order valence-electron chi connectivity index (χ4n) is 6.43. The molecule has 4 nitrogen and oxygen atoms in total. The number of pyridine rings is 1. The molecule has 4 bridgehead atoms. The molecule has 2 N–H and O–H groups in total. The van der Waals surface area contributed by atoms with Gasteiger partial charge in [0.15, 0.2) is 0 Å². The average Bonchev–Trinajstić information content (AvgIpc) is 2.61. The third-order valence-electron chi connectivity index (χ3n) is 7.28. The molecular formula is C23H28N2O2. The Balaban J connectivity index is 1.27. The van der Waals surface area contributed by atoms with E-state index in [0.29, 0.717) is 13.0 Å². The van der Waals surface area contributed by atoms with Gasteiger partial charge in [0.1, 0.15) is 0 Å². The van der Waals surface area contributed by atoms with Crippen LogP contribution in [0.1, 0.15) is 49.7 Å². The number of carbonyl (C=O) groups is 1. The number of H-pyrrole nitrogens is 1. The summed E-state index contributed by atoms with van der Waals surface area (Å²) in [5, 5.41) is 4.22. The van der Waals surface area contributed by atoms with Crippen LogP contribution in [0.3, 0.4) is 0 Å². The van der Waals surface area contributed by atoms with Gasteiger partial charge in [-0.2, -0.15) is 0 Å². The van der Waals surface area contributed by atoms with E-state index in [1.807, 2.05) is 25.1 Å². The van der Waals surface area contributed by atoms with Crippen LogP contribution < -0.4 is 10.9 Å². The predicted octanol–water partition coefficient (Wildman–Crippen LogP) is 3.71. The zero-order valence-electron chi connectivity index (χ0n) is 16.0. The highest BCUT2D eigenvalue weighted by molar-refractivity contribution is 5.83. The lowest BCUT2D eigenvalue weighted by molar-refractivity contribution is -0.146. The highest BCUT2D eigenvalue weighted by Crippen LogP contribution is 2.60. The van der Waals surface area contributed by atoms with E-state index in [4.69, 9.17) is 0 Å². The van der Waals surface area contributed by atoms with E-state index in [2.05, 4.69) is 16.4 Å². The van der Waals surface area contributed by atoms with Crippen molar-refractivity contribution in [3.8, 4) is 0 Å². The van der Waals surface area contributed by atoms with Gasteiger partial charge in [0.25, 0.3) is 5.56 Å². The standard InChI is InChI=1S/C23H28N2O2/c1-14-2-3-18-10-19(21(26)25-20(18)6-14)4-5-24-22(27)23-11-15-7-16(12-23)9-17(8-15)13-23/h2-3,6,10,15-17H,4-5,7-9,11-13H2,1H3,(H,24,27)(H,25,26). The molecule has 0 unspecified atom stereocenters. The lowest BCUT2D eigenvalue weighted by Crippen LogP contribution is -2.53. The largest absolute Gasteiger partial charge is 0.355 e. The first-order chi connectivity index (χ1) is 13.0. The number of aromatic nitrogens is 1. The summed E-state index contributed by atoms with van der Waals surface area (Å²) in [5.41, 5.74) is 2.60. The third-order valence-corrected chi connectivity index (χ3v) is 7.28. The Morgan fingerprint density at radius 1 is 1.11 bits per heavy atom. The molecule has 0 spiro atoms. The van der Waals surface area contributed by atoms with Crippen LogP contribution in [-0.2, 0) is 11.2 Å². The lowest BCUT2D eigenvalue weighted by atomic mass is 9.49. The van der Waals surface area contributed by atoms with Gasteiger partial charge in [0.05, 0.1) is 0 Å². The number of amides is 1. The first kappa shape index (κ1) is 17.0. The van der Waals surface area contributed by atoms with Gasteiger partial charge in [-0.15, -0.1) is 0 Å². The van der Waals surface area contributed by atoms with Crippen LogP contribution in [0.15, 0.2) is 29.1 Å². The Morgan fingerprint density at radius 3 is 2.44 bits per heavy atom. The Morgan fingerprint density at radius 2 is 1.78 bits per heavy atom. The Kier molecular flexibility index (Phi) is 3.92. The molecular weight excluding hydrogens is 336 g/mol. The van der Waals surface area contributed by atoms with Gasteiger partial charge in [-0.3, -0.25) is 9.59 Å². The summed E-state index contributed by atoms with van der Waals surface area (Å²) in [6.45, 7) is 2.56. The predicted molar refractivity (Wildman–Crippen MR) is 107 cm³/mol. The van der Waals surface area contributed by atoms with Gasteiger partial charge in [-0.1, -0.05) is 12.1 Å². The number of aryl methyl sites for hydroxylation is 1. The van der Waals surface area contributed by atoms with Crippen molar-refractivity contribution in [2.75, 3.05) is 6.54 Å². The minimum absolute atomic E-state index is 0.0443. The van der Waals surface area contributed by atoms with Crippen molar-refractivity contribution in [1.29, 1.82) is 0 Å². The second kappa shape index (κ2) is 6.22. The molecule has 0 atom stereocenters. The molecule has 0 radical (unpaired) electrons. The summed E-state index contributed by atoms with van der Waals surface area (Å²) in [7, 11) is 0. The van der Waals surface area contributed by atoms with E-state index in [9.17, 15) is 9.59 Å². The lowest BCUT2D eigenvalue weighted by Gasteiger charge is -2.55. The van der Waals surface area contributed by atoms with Gasteiger partial charge in [-0.05, 0) is 92.7 Å². The van der Waals surface area contributed by atoms with E-state index < -0.39 is 0 Å². The zero-order valence-corrected chi connectivity index (χ0v) is 16.0. The number of hydrogen-bond acceptors (Lipinski definition) is 2. The van der Waals surface area contributed by atoms with Gasteiger partial charge in [-0.25, -0.2) is 0 Å². The summed E-state index contributed by atoms with van der Waals surface area (Å²) in [4.78, 5) is 28.4. The maximum atomic E-state index is 13.0. The number of fused-ring (bicyclic) bond motifs is 1. The number of hydrogen-bond donors (Lipinski definition) is 2. The van der Waals surface area contributed by atoms with E-state index in [-0.39, 0.29) is 16.9 Å². The number of nitrogens with one attached hydrogen (secondary N) is 2. The second-order valence-electron chi connectivity index (χ2n) is 9.42. The topological polar surface area (TPSA) is 62.0 Å². The quantitative estimate of drug-likeness (QED) is 0.869. The number of benzene rings is 1. The van der Waals surface area contributed by atoms with Crippen LogP contribution in [0.2, 0.25) is 0 Å². The van der Waals surface area contributed by atoms with Gasteiger partial charge >= 0.3 is 0 Å². The molecule has 0 aliphatic heterocycles. The number of aromatic amines is 1. The highest BCUT2D eigenvalue weighted by atomic mass is 16.2.